The summed E-state index contributed by atoms with van der Waals surface area (Å²) in [5, 5.41) is 5.84. The zero-order chi connectivity index (χ0) is 20.5. The average molecular weight is 504 g/mol. The largest absolute Gasteiger partial charge is 0.358 e. The van der Waals surface area contributed by atoms with E-state index in [9.17, 15) is 4.79 Å². The van der Waals surface area contributed by atoms with Crippen LogP contribution < -0.4 is 15.9 Å². The fraction of sp³-hybridized carbons (Fsp3) is 0.316. The molecule has 2 N–H and O–H groups in total. The lowest BCUT2D eigenvalue weighted by Crippen LogP contribution is -2.41. The number of nitrogens with one attached hydrogen (secondary N) is 2. The van der Waals surface area contributed by atoms with Crippen molar-refractivity contribution in [1.29, 1.82) is 0 Å². The van der Waals surface area contributed by atoms with Gasteiger partial charge in [0.25, 0.3) is 5.56 Å². The normalized spacial score (nSPS) is 12.4. The van der Waals surface area contributed by atoms with E-state index in [0.29, 0.717) is 34.6 Å². The summed E-state index contributed by atoms with van der Waals surface area (Å²) in [7, 11) is 3.69. The highest BCUT2D eigenvalue weighted by atomic mass is 127. The number of alkyl halides is 1. The number of hydrogen-bond donors (Lipinski definition) is 2. The Morgan fingerprint density at radius 3 is 2.83 bits per heavy atom. The van der Waals surface area contributed by atoms with Crippen LogP contribution in [0.3, 0.4) is 0 Å². The monoisotopic (exact) mass is 504 g/mol. The first-order valence-corrected chi connectivity index (χ1v) is 10.8. The average Bonchev–Trinajstić information content (AvgIpc) is 3.20. The number of H-pyrrole nitrogens is 1. The molecule has 4 rings (SSSR count). The van der Waals surface area contributed by atoms with Crippen LogP contribution in [-0.4, -0.2) is 43.7 Å². The van der Waals surface area contributed by atoms with Gasteiger partial charge in [-0.05, 0) is 18.1 Å². The van der Waals surface area contributed by atoms with Gasteiger partial charge >= 0.3 is 0 Å². The van der Waals surface area contributed by atoms with Crippen LogP contribution in [0.1, 0.15) is 30.8 Å². The van der Waals surface area contributed by atoms with E-state index in [1.54, 1.807) is 16.0 Å². The van der Waals surface area contributed by atoms with E-state index in [0.717, 1.165) is 15.5 Å². The minimum Gasteiger partial charge on any atom is -0.358 e. The maximum atomic E-state index is 13.4. The molecule has 0 saturated heterocycles. The molecule has 9 nitrogen and oxygen atoms in total. The van der Waals surface area contributed by atoms with Gasteiger partial charge in [0.05, 0.1) is 23.3 Å². The Kier molecular flexibility index (Phi) is 5.35. The van der Waals surface area contributed by atoms with Crippen LogP contribution >= 0.6 is 22.6 Å². The zero-order valence-electron chi connectivity index (χ0n) is 16.3. The highest BCUT2D eigenvalue weighted by Crippen LogP contribution is 2.25. The Hall–Kier alpha value is -2.76. The third-order valence-electron chi connectivity index (χ3n) is 4.78. The number of imidazole rings is 1. The van der Waals surface area contributed by atoms with Crippen molar-refractivity contribution in [1.82, 2.24) is 29.6 Å². The third-order valence-corrected chi connectivity index (χ3v) is 5.61. The van der Waals surface area contributed by atoms with Crippen molar-refractivity contribution >= 4 is 50.5 Å². The van der Waals surface area contributed by atoms with Crippen LogP contribution in [0.5, 0.6) is 0 Å². The predicted octanol–water partition coefficient (Wildman–Crippen LogP) is 2.76. The number of aromatic amines is 1. The van der Waals surface area contributed by atoms with Gasteiger partial charge in [-0.3, -0.25) is 4.79 Å². The van der Waals surface area contributed by atoms with Crippen molar-refractivity contribution in [3.05, 3.63) is 52.6 Å². The Balaban J connectivity index is 1.90. The number of rotatable bonds is 6. The summed E-state index contributed by atoms with van der Waals surface area (Å²) >= 11 is 2.27. The topological polar surface area (TPSA) is 105 Å². The number of halogens is 1. The van der Waals surface area contributed by atoms with Gasteiger partial charge in [0.1, 0.15) is 11.8 Å². The number of fused-ring (bicyclic) bond motifs is 2. The Morgan fingerprint density at radius 2 is 2.10 bits per heavy atom. The van der Waals surface area contributed by atoms with Crippen LogP contribution in [0.15, 0.2) is 35.6 Å². The van der Waals surface area contributed by atoms with Gasteiger partial charge in [-0.2, -0.15) is 0 Å². The second-order valence-electron chi connectivity index (χ2n) is 6.81. The van der Waals surface area contributed by atoms with Gasteiger partial charge < -0.3 is 15.3 Å². The standard InChI is InChI=1S/C19H21IN8O/c1-4-12(25-17-15-16(22-9-21-15)23-10-24-17)18-26-13-7-5-6-11(8-20)14(13)19(29)28(18)27(2)3/h5-7,9-10,12H,4,8H2,1-3H3,(H2,21,22,23,24,25). The van der Waals surface area contributed by atoms with Crippen molar-refractivity contribution < 1.29 is 0 Å². The summed E-state index contributed by atoms with van der Waals surface area (Å²) in [5.41, 5.74) is 2.92. The molecule has 0 bridgehead atoms. The van der Waals surface area contributed by atoms with Gasteiger partial charge in [0.15, 0.2) is 17.3 Å². The highest BCUT2D eigenvalue weighted by Gasteiger charge is 2.22. The molecule has 150 valence electrons. The molecular formula is C19H21IN8O. The molecule has 3 aromatic heterocycles. The summed E-state index contributed by atoms with van der Waals surface area (Å²) in [6.07, 6.45) is 3.76. The van der Waals surface area contributed by atoms with E-state index in [1.165, 1.54) is 6.33 Å². The molecule has 0 aliphatic rings. The summed E-state index contributed by atoms with van der Waals surface area (Å²) in [4.78, 5) is 34.1. The summed E-state index contributed by atoms with van der Waals surface area (Å²) in [5.74, 6) is 1.26. The van der Waals surface area contributed by atoms with Crippen LogP contribution in [0.25, 0.3) is 22.1 Å². The molecule has 4 aromatic rings. The number of anilines is 1. The molecule has 0 radical (unpaired) electrons. The molecule has 29 heavy (non-hydrogen) atoms. The molecule has 1 atom stereocenters. The Morgan fingerprint density at radius 1 is 1.28 bits per heavy atom. The molecule has 0 spiro atoms. The first kappa shape index (κ1) is 19.6. The van der Waals surface area contributed by atoms with E-state index < -0.39 is 0 Å². The fourth-order valence-electron chi connectivity index (χ4n) is 3.42. The Bertz CT molecular complexity index is 1230. The third kappa shape index (κ3) is 3.41. The second-order valence-corrected chi connectivity index (χ2v) is 7.57. The summed E-state index contributed by atoms with van der Waals surface area (Å²) in [6, 6.07) is 5.57. The van der Waals surface area contributed by atoms with Crippen LogP contribution in [0.4, 0.5) is 5.82 Å². The van der Waals surface area contributed by atoms with E-state index in [2.05, 4.69) is 47.8 Å². The zero-order valence-corrected chi connectivity index (χ0v) is 18.5. The van der Waals surface area contributed by atoms with E-state index >= 15 is 0 Å². The van der Waals surface area contributed by atoms with Gasteiger partial charge in [0, 0.05) is 18.5 Å². The first-order valence-electron chi connectivity index (χ1n) is 9.23. The molecule has 3 heterocycles. The van der Waals surface area contributed by atoms with Crippen molar-refractivity contribution in [2.75, 3.05) is 24.4 Å². The number of hydrogen-bond acceptors (Lipinski definition) is 7. The first-order chi connectivity index (χ1) is 14.0. The minimum absolute atomic E-state index is 0.0723. The molecule has 1 aromatic carbocycles. The second kappa shape index (κ2) is 7.93. The minimum atomic E-state index is -0.237. The molecule has 10 heteroatoms. The van der Waals surface area contributed by atoms with Crippen molar-refractivity contribution in [3.8, 4) is 0 Å². The van der Waals surface area contributed by atoms with Crippen molar-refractivity contribution in [2.45, 2.75) is 23.8 Å². The lowest BCUT2D eigenvalue weighted by atomic mass is 10.1. The van der Waals surface area contributed by atoms with Gasteiger partial charge in [-0.25, -0.2) is 24.6 Å². The Labute approximate surface area is 180 Å². The molecule has 0 aliphatic heterocycles. The summed E-state index contributed by atoms with van der Waals surface area (Å²) < 4.78 is 2.37. The van der Waals surface area contributed by atoms with Crippen molar-refractivity contribution in [3.63, 3.8) is 0 Å². The van der Waals surface area contributed by atoms with E-state index in [4.69, 9.17) is 4.98 Å². The van der Waals surface area contributed by atoms with Crippen LogP contribution in [0, 0.1) is 0 Å². The number of nitrogens with zero attached hydrogens (tertiary/aromatic N) is 6. The lowest BCUT2D eigenvalue weighted by molar-refractivity contribution is 0.579. The molecule has 0 aliphatic carbocycles. The van der Waals surface area contributed by atoms with Crippen molar-refractivity contribution in [2.24, 2.45) is 0 Å². The lowest BCUT2D eigenvalue weighted by Gasteiger charge is -2.26. The van der Waals surface area contributed by atoms with Crippen LogP contribution in [0.2, 0.25) is 0 Å². The van der Waals surface area contributed by atoms with E-state index in [1.807, 2.05) is 39.2 Å². The molecule has 1 unspecified atom stereocenters. The van der Waals surface area contributed by atoms with Gasteiger partial charge in [-0.15, -0.1) is 0 Å². The molecule has 0 amide bonds. The molecule has 0 saturated carbocycles. The predicted molar refractivity (Wildman–Crippen MR) is 122 cm³/mol. The maximum Gasteiger partial charge on any atom is 0.280 e. The van der Waals surface area contributed by atoms with Gasteiger partial charge in [-0.1, -0.05) is 41.6 Å². The summed E-state index contributed by atoms with van der Waals surface area (Å²) in [6.45, 7) is 2.04. The smallest absolute Gasteiger partial charge is 0.280 e. The molecular weight excluding hydrogens is 483 g/mol. The van der Waals surface area contributed by atoms with E-state index in [-0.39, 0.29) is 11.6 Å². The van der Waals surface area contributed by atoms with Crippen LogP contribution in [-0.2, 0) is 4.43 Å². The highest BCUT2D eigenvalue weighted by molar-refractivity contribution is 14.1. The number of aromatic nitrogens is 6. The fourth-order valence-corrected chi connectivity index (χ4v) is 4.06. The van der Waals surface area contributed by atoms with Gasteiger partial charge in [0.2, 0.25) is 0 Å². The molecule has 0 fully saturated rings. The number of benzene rings is 1. The SMILES string of the molecule is CCC(Nc1ncnc2nc[nH]c12)c1nc2cccc(CI)c2c(=O)n1N(C)C. The quantitative estimate of drug-likeness (QED) is 0.308. The maximum absolute atomic E-state index is 13.4.